The second-order valence-corrected chi connectivity index (χ2v) is 5.93. The van der Waals surface area contributed by atoms with Crippen LogP contribution in [0.3, 0.4) is 0 Å². The fraction of sp³-hybridized carbons (Fsp3) is 0.312. The van der Waals surface area contributed by atoms with Gasteiger partial charge in [-0.2, -0.15) is 0 Å². The quantitative estimate of drug-likeness (QED) is 0.631. The van der Waals surface area contributed by atoms with Crippen molar-refractivity contribution in [2.45, 2.75) is 19.4 Å². The molecule has 2 aromatic rings. The number of esters is 1. The molecule has 0 atom stereocenters. The first-order valence-electron chi connectivity index (χ1n) is 6.77. The Morgan fingerprint density at radius 3 is 2.86 bits per heavy atom. The fourth-order valence-electron chi connectivity index (χ4n) is 1.96. The molecule has 0 aliphatic rings. The molecule has 0 fully saturated rings. The Balaban J connectivity index is 1.72. The van der Waals surface area contributed by atoms with Crippen molar-refractivity contribution in [1.29, 1.82) is 0 Å². The molecule has 1 N–H and O–H groups in total. The third-order valence-electron chi connectivity index (χ3n) is 3.04. The predicted octanol–water partition coefficient (Wildman–Crippen LogP) is 2.94. The summed E-state index contributed by atoms with van der Waals surface area (Å²) in [5.41, 5.74) is 0.986. The Morgan fingerprint density at radius 1 is 1.29 bits per heavy atom. The molecule has 1 aromatic heterocycles. The van der Waals surface area contributed by atoms with Gasteiger partial charge in [0.1, 0.15) is 5.82 Å². The van der Waals surface area contributed by atoms with Gasteiger partial charge in [-0.05, 0) is 42.8 Å². The summed E-state index contributed by atoms with van der Waals surface area (Å²) >= 11 is 1.60. The van der Waals surface area contributed by atoms with E-state index in [0.29, 0.717) is 6.42 Å². The smallest absolute Gasteiger partial charge is 0.310 e. The molecule has 0 unspecified atom stereocenters. The van der Waals surface area contributed by atoms with Crippen molar-refractivity contribution >= 4 is 17.3 Å². The van der Waals surface area contributed by atoms with E-state index in [-0.39, 0.29) is 11.8 Å². The fourth-order valence-corrected chi connectivity index (χ4v) is 2.94. The van der Waals surface area contributed by atoms with E-state index >= 15 is 0 Å². The molecular formula is C16H18FNO2S. The zero-order valence-corrected chi connectivity index (χ0v) is 12.7. The van der Waals surface area contributed by atoms with Crippen LogP contribution in [0, 0.1) is 5.82 Å². The Morgan fingerprint density at radius 2 is 2.10 bits per heavy atom. The highest BCUT2D eigenvalue weighted by atomic mass is 32.1. The second-order valence-electron chi connectivity index (χ2n) is 4.68. The van der Waals surface area contributed by atoms with Gasteiger partial charge in [0.15, 0.2) is 0 Å². The van der Waals surface area contributed by atoms with Gasteiger partial charge in [-0.25, -0.2) is 4.39 Å². The van der Waals surface area contributed by atoms with Crippen molar-refractivity contribution in [2.75, 3.05) is 13.7 Å². The average molecular weight is 307 g/mol. The molecule has 0 aliphatic carbocycles. The lowest BCUT2D eigenvalue weighted by atomic mass is 10.1. The van der Waals surface area contributed by atoms with Crippen LogP contribution in [-0.2, 0) is 28.9 Å². The number of nitrogens with one attached hydrogen (secondary N) is 1. The van der Waals surface area contributed by atoms with E-state index in [1.807, 2.05) is 18.2 Å². The molecule has 112 valence electrons. The van der Waals surface area contributed by atoms with Gasteiger partial charge in [-0.15, -0.1) is 11.3 Å². The maximum atomic E-state index is 13.0. The molecule has 0 amide bonds. The monoisotopic (exact) mass is 307 g/mol. The average Bonchev–Trinajstić information content (AvgIpc) is 2.91. The summed E-state index contributed by atoms with van der Waals surface area (Å²) in [6, 6.07) is 10.6. The Hall–Kier alpha value is -1.72. The van der Waals surface area contributed by atoms with E-state index in [4.69, 9.17) is 0 Å². The molecule has 2 rings (SSSR count). The molecular weight excluding hydrogens is 289 g/mol. The number of halogens is 1. The predicted molar refractivity (Wildman–Crippen MR) is 81.8 cm³/mol. The lowest BCUT2D eigenvalue weighted by molar-refractivity contribution is -0.139. The van der Waals surface area contributed by atoms with Gasteiger partial charge in [0.2, 0.25) is 0 Å². The lowest BCUT2D eigenvalue weighted by Gasteiger charge is -2.03. The van der Waals surface area contributed by atoms with E-state index in [0.717, 1.165) is 30.0 Å². The van der Waals surface area contributed by atoms with Gasteiger partial charge in [0.25, 0.3) is 0 Å². The summed E-state index contributed by atoms with van der Waals surface area (Å²) < 4.78 is 17.7. The summed E-state index contributed by atoms with van der Waals surface area (Å²) in [7, 11) is 1.39. The van der Waals surface area contributed by atoms with Crippen LogP contribution in [0.5, 0.6) is 0 Å². The minimum atomic E-state index is -0.220. The molecule has 1 aromatic carbocycles. The summed E-state index contributed by atoms with van der Waals surface area (Å²) in [5, 5.41) is 3.32. The third kappa shape index (κ3) is 5.28. The largest absolute Gasteiger partial charge is 0.469 e. The van der Waals surface area contributed by atoms with Gasteiger partial charge < -0.3 is 10.1 Å². The van der Waals surface area contributed by atoms with E-state index in [1.165, 1.54) is 18.1 Å². The molecule has 3 nitrogen and oxygen atoms in total. The highest BCUT2D eigenvalue weighted by Gasteiger charge is 2.06. The maximum absolute atomic E-state index is 13.0. The molecule has 0 bridgehead atoms. The summed E-state index contributed by atoms with van der Waals surface area (Å²) in [5.74, 6) is -0.416. The molecule has 0 saturated carbocycles. The van der Waals surface area contributed by atoms with Crippen molar-refractivity contribution in [3.05, 3.63) is 57.5 Å². The van der Waals surface area contributed by atoms with Gasteiger partial charge in [0.05, 0.1) is 13.5 Å². The van der Waals surface area contributed by atoms with E-state index in [1.54, 1.807) is 23.5 Å². The minimum Gasteiger partial charge on any atom is -0.469 e. The van der Waals surface area contributed by atoms with E-state index in [2.05, 4.69) is 10.1 Å². The number of benzene rings is 1. The molecule has 5 heteroatoms. The van der Waals surface area contributed by atoms with Crippen LogP contribution in [-0.4, -0.2) is 19.6 Å². The standard InChI is InChI=1S/C16H18FNO2S/c1-20-16(19)10-14-5-6-15(21-14)11-18-8-7-12-3-2-4-13(17)9-12/h2-6,9,18H,7-8,10-11H2,1H3. The van der Waals surface area contributed by atoms with Gasteiger partial charge in [-0.3, -0.25) is 4.79 Å². The summed E-state index contributed by atoms with van der Waals surface area (Å²) in [4.78, 5) is 13.4. The Labute approximate surface area is 127 Å². The highest BCUT2D eigenvalue weighted by molar-refractivity contribution is 7.12. The van der Waals surface area contributed by atoms with Crippen LogP contribution in [0.4, 0.5) is 4.39 Å². The highest BCUT2D eigenvalue weighted by Crippen LogP contribution is 2.17. The normalized spacial score (nSPS) is 10.6. The third-order valence-corrected chi connectivity index (χ3v) is 4.13. The van der Waals surface area contributed by atoms with Gasteiger partial charge in [0, 0.05) is 16.3 Å². The molecule has 0 aliphatic heterocycles. The van der Waals surface area contributed by atoms with Crippen LogP contribution in [0.15, 0.2) is 36.4 Å². The molecule has 21 heavy (non-hydrogen) atoms. The van der Waals surface area contributed by atoms with Crippen molar-refractivity contribution in [3.8, 4) is 0 Å². The number of hydrogen-bond donors (Lipinski definition) is 1. The zero-order chi connectivity index (χ0) is 15.1. The number of carbonyl (C=O) groups excluding carboxylic acids is 1. The molecule has 0 saturated heterocycles. The molecule has 0 spiro atoms. The minimum absolute atomic E-state index is 0.196. The number of rotatable bonds is 7. The topological polar surface area (TPSA) is 38.3 Å². The number of thiophene rings is 1. The van der Waals surface area contributed by atoms with Crippen molar-refractivity contribution in [2.24, 2.45) is 0 Å². The first-order valence-corrected chi connectivity index (χ1v) is 7.58. The van der Waals surface area contributed by atoms with Crippen molar-refractivity contribution < 1.29 is 13.9 Å². The van der Waals surface area contributed by atoms with Crippen LogP contribution in [0.2, 0.25) is 0 Å². The first-order chi connectivity index (χ1) is 10.2. The molecule has 0 radical (unpaired) electrons. The lowest BCUT2D eigenvalue weighted by Crippen LogP contribution is -2.15. The Kier molecular flexibility index (Phi) is 5.90. The van der Waals surface area contributed by atoms with Crippen LogP contribution >= 0.6 is 11.3 Å². The van der Waals surface area contributed by atoms with Crippen LogP contribution in [0.25, 0.3) is 0 Å². The zero-order valence-electron chi connectivity index (χ0n) is 11.9. The number of hydrogen-bond acceptors (Lipinski definition) is 4. The van der Waals surface area contributed by atoms with Gasteiger partial charge in [-0.1, -0.05) is 12.1 Å². The second kappa shape index (κ2) is 7.90. The van der Waals surface area contributed by atoms with Crippen molar-refractivity contribution in [1.82, 2.24) is 5.32 Å². The summed E-state index contributed by atoms with van der Waals surface area (Å²) in [6.45, 7) is 1.54. The van der Waals surface area contributed by atoms with Crippen LogP contribution in [0.1, 0.15) is 15.3 Å². The number of methoxy groups -OCH3 is 1. The van der Waals surface area contributed by atoms with Gasteiger partial charge >= 0.3 is 5.97 Å². The number of carbonyl (C=O) groups is 1. The Bertz CT molecular complexity index is 597. The van der Waals surface area contributed by atoms with E-state index < -0.39 is 0 Å². The van der Waals surface area contributed by atoms with Crippen LogP contribution < -0.4 is 5.32 Å². The first kappa shape index (κ1) is 15.7. The SMILES string of the molecule is COC(=O)Cc1ccc(CNCCc2cccc(F)c2)s1. The summed E-state index contributed by atoms with van der Waals surface area (Å²) in [6.07, 6.45) is 1.11. The maximum Gasteiger partial charge on any atom is 0.310 e. The number of ether oxygens (including phenoxy) is 1. The van der Waals surface area contributed by atoms with E-state index in [9.17, 15) is 9.18 Å². The van der Waals surface area contributed by atoms with Crippen molar-refractivity contribution in [3.63, 3.8) is 0 Å². The molecule has 1 heterocycles.